The molecule has 100 valence electrons. The Labute approximate surface area is 99.3 Å². The van der Waals surface area contributed by atoms with Crippen LogP contribution in [0.3, 0.4) is 0 Å². The van der Waals surface area contributed by atoms with Crippen LogP contribution < -0.4 is 5.32 Å². The summed E-state index contributed by atoms with van der Waals surface area (Å²) in [6.07, 6.45) is -4.10. The summed E-state index contributed by atoms with van der Waals surface area (Å²) in [5.74, 6) is -0.283. The molecule has 0 aromatic carbocycles. The molecule has 7 nitrogen and oxygen atoms in total. The summed E-state index contributed by atoms with van der Waals surface area (Å²) < 4.78 is 10.2. The molecule has 0 unspecified atom stereocenters. The lowest BCUT2D eigenvalue weighted by Crippen LogP contribution is -2.64. The zero-order valence-electron chi connectivity index (χ0n) is 9.87. The SMILES string of the molecule is CCC(=O)N[C@H]1[C@H](OC)O[C@H](CO)[C@@H](O)[C@@H]1O. The van der Waals surface area contributed by atoms with Gasteiger partial charge in [0.05, 0.1) is 6.61 Å². The number of rotatable bonds is 4. The molecule has 0 bridgehead atoms. The molecule has 0 aromatic heterocycles. The van der Waals surface area contributed by atoms with Crippen LogP contribution in [-0.2, 0) is 14.3 Å². The smallest absolute Gasteiger partial charge is 0.220 e. The van der Waals surface area contributed by atoms with Gasteiger partial charge in [-0.1, -0.05) is 6.92 Å². The van der Waals surface area contributed by atoms with Crippen molar-refractivity contribution in [1.82, 2.24) is 5.32 Å². The van der Waals surface area contributed by atoms with Gasteiger partial charge in [0.2, 0.25) is 5.91 Å². The fourth-order valence-electron chi connectivity index (χ4n) is 1.73. The Morgan fingerprint density at radius 1 is 1.41 bits per heavy atom. The summed E-state index contributed by atoms with van der Waals surface area (Å²) in [7, 11) is 1.36. The van der Waals surface area contributed by atoms with E-state index in [0.29, 0.717) is 0 Å². The van der Waals surface area contributed by atoms with E-state index in [9.17, 15) is 15.0 Å². The van der Waals surface area contributed by atoms with Crippen molar-refractivity contribution in [3.05, 3.63) is 0 Å². The first-order valence-corrected chi connectivity index (χ1v) is 5.49. The number of carbonyl (C=O) groups is 1. The van der Waals surface area contributed by atoms with Gasteiger partial charge in [0.25, 0.3) is 0 Å². The number of nitrogens with one attached hydrogen (secondary N) is 1. The van der Waals surface area contributed by atoms with E-state index in [1.807, 2.05) is 0 Å². The molecule has 0 spiro atoms. The van der Waals surface area contributed by atoms with Gasteiger partial charge in [-0.15, -0.1) is 0 Å². The van der Waals surface area contributed by atoms with Gasteiger partial charge in [0, 0.05) is 13.5 Å². The standard InChI is InChI=1S/C10H19NO6/c1-3-6(13)11-7-9(15)8(14)5(4-12)17-10(7)16-2/h5,7-10,12,14-15H,3-4H2,1-2H3,(H,11,13)/t5-,7-,8-,9-,10-/m1/s1. The van der Waals surface area contributed by atoms with Crippen LogP contribution in [0.1, 0.15) is 13.3 Å². The minimum absolute atomic E-state index is 0.249. The Hall–Kier alpha value is -0.730. The summed E-state index contributed by atoms with van der Waals surface area (Å²) in [5, 5.41) is 31.0. The number of ether oxygens (including phenoxy) is 2. The second-order valence-corrected chi connectivity index (χ2v) is 3.89. The monoisotopic (exact) mass is 249 g/mol. The lowest BCUT2D eigenvalue weighted by molar-refractivity contribution is -0.262. The summed E-state index contributed by atoms with van der Waals surface area (Å²) in [4.78, 5) is 11.3. The predicted octanol–water partition coefficient (Wildman–Crippen LogP) is -2.03. The predicted molar refractivity (Wildman–Crippen MR) is 57.0 cm³/mol. The maximum atomic E-state index is 11.3. The first-order valence-electron chi connectivity index (χ1n) is 5.49. The highest BCUT2D eigenvalue weighted by molar-refractivity contribution is 5.76. The second-order valence-electron chi connectivity index (χ2n) is 3.89. The molecule has 0 aromatic rings. The molecule has 1 aliphatic heterocycles. The topological polar surface area (TPSA) is 108 Å². The van der Waals surface area contributed by atoms with Crippen molar-refractivity contribution in [3.8, 4) is 0 Å². The molecule has 5 atom stereocenters. The van der Waals surface area contributed by atoms with Gasteiger partial charge in [0.15, 0.2) is 6.29 Å². The molecular weight excluding hydrogens is 230 g/mol. The molecule has 1 heterocycles. The van der Waals surface area contributed by atoms with Crippen molar-refractivity contribution in [2.75, 3.05) is 13.7 Å². The van der Waals surface area contributed by atoms with Gasteiger partial charge in [-0.25, -0.2) is 0 Å². The van der Waals surface area contributed by atoms with Crippen molar-refractivity contribution < 1.29 is 29.6 Å². The maximum Gasteiger partial charge on any atom is 0.220 e. The van der Waals surface area contributed by atoms with Crippen LogP contribution in [-0.4, -0.2) is 65.6 Å². The minimum atomic E-state index is -1.27. The van der Waals surface area contributed by atoms with E-state index < -0.39 is 37.3 Å². The van der Waals surface area contributed by atoms with Gasteiger partial charge in [-0.05, 0) is 0 Å². The van der Waals surface area contributed by atoms with Gasteiger partial charge in [-0.3, -0.25) is 4.79 Å². The normalized spacial score (nSPS) is 37.8. The van der Waals surface area contributed by atoms with Crippen LogP contribution in [0.2, 0.25) is 0 Å². The fraction of sp³-hybridized carbons (Fsp3) is 0.900. The molecule has 1 saturated heterocycles. The number of amides is 1. The average Bonchev–Trinajstić information content (AvgIpc) is 2.35. The highest BCUT2D eigenvalue weighted by Gasteiger charge is 2.44. The van der Waals surface area contributed by atoms with E-state index in [-0.39, 0.29) is 12.3 Å². The van der Waals surface area contributed by atoms with Crippen LogP contribution in [0.4, 0.5) is 0 Å². The van der Waals surface area contributed by atoms with Crippen LogP contribution in [0, 0.1) is 0 Å². The summed E-state index contributed by atoms with van der Waals surface area (Å²) in [6, 6.07) is -0.856. The molecular formula is C10H19NO6. The third kappa shape index (κ3) is 3.14. The number of carbonyl (C=O) groups excluding carboxylic acids is 1. The lowest BCUT2D eigenvalue weighted by atomic mass is 9.97. The number of aliphatic hydroxyl groups excluding tert-OH is 3. The zero-order valence-corrected chi connectivity index (χ0v) is 9.87. The molecule has 0 aliphatic carbocycles. The molecule has 7 heteroatoms. The Kier molecular flexibility index (Phi) is 5.29. The van der Waals surface area contributed by atoms with Crippen molar-refractivity contribution in [3.63, 3.8) is 0 Å². The summed E-state index contributed by atoms with van der Waals surface area (Å²) in [6.45, 7) is 1.23. The van der Waals surface area contributed by atoms with Crippen LogP contribution in [0.5, 0.6) is 0 Å². The summed E-state index contributed by atoms with van der Waals surface area (Å²) >= 11 is 0. The van der Waals surface area contributed by atoms with Gasteiger partial charge in [0.1, 0.15) is 24.4 Å². The van der Waals surface area contributed by atoms with E-state index >= 15 is 0 Å². The average molecular weight is 249 g/mol. The van der Waals surface area contributed by atoms with Crippen LogP contribution >= 0.6 is 0 Å². The quantitative estimate of drug-likeness (QED) is 0.457. The zero-order chi connectivity index (χ0) is 13.0. The van der Waals surface area contributed by atoms with Crippen molar-refractivity contribution in [2.45, 2.75) is 44.0 Å². The molecule has 17 heavy (non-hydrogen) atoms. The van der Waals surface area contributed by atoms with E-state index in [4.69, 9.17) is 14.6 Å². The highest BCUT2D eigenvalue weighted by Crippen LogP contribution is 2.21. The Balaban J connectivity index is 2.75. The third-order valence-corrected chi connectivity index (χ3v) is 2.76. The van der Waals surface area contributed by atoms with Crippen LogP contribution in [0.25, 0.3) is 0 Å². The molecule has 1 amide bonds. The van der Waals surface area contributed by atoms with Crippen molar-refractivity contribution >= 4 is 5.91 Å². The number of aliphatic hydroxyl groups is 3. The first-order chi connectivity index (χ1) is 8.04. The Morgan fingerprint density at radius 3 is 2.53 bits per heavy atom. The minimum Gasteiger partial charge on any atom is -0.394 e. The Bertz CT molecular complexity index is 259. The van der Waals surface area contributed by atoms with Crippen molar-refractivity contribution in [1.29, 1.82) is 0 Å². The van der Waals surface area contributed by atoms with E-state index in [1.165, 1.54) is 7.11 Å². The number of methoxy groups -OCH3 is 1. The molecule has 1 aliphatic rings. The third-order valence-electron chi connectivity index (χ3n) is 2.76. The largest absolute Gasteiger partial charge is 0.394 e. The molecule has 1 fully saturated rings. The first kappa shape index (κ1) is 14.3. The molecule has 0 radical (unpaired) electrons. The molecule has 4 N–H and O–H groups in total. The van der Waals surface area contributed by atoms with Crippen molar-refractivity contribution in [2.24, 2.45) is 0 Å². The van der Waals surface area contributed by atoms with Gasteiger partial charge in [-0.2, -0.15) is 0 Å². The van der Waals surface area contributed by atoms with E-state index in [1.54, 1.807) is 6.92 Å². The number of hydrogen-bond acceptors (Lipinski definition) is 6. The Morgan fingerprint density at radius 2 is 2.06 bits per heavy atom. The van der Waals surface area contributed by atoms with E-state index in [2.05, 4.69) is 5.32 Å². The lowest BCUT2D eigenvalue weighted by Gasteiger charge is -2.41. The van der Waals surface area contributed by atoms with Gasteiger partial charge >= 0.3 is 0 Å². The van der Waals surface area contributed by atoms with Crippen LogP contribution in [0.15, 0.2) is 0 Å². The van der Waals surface area contributed by atoms with E-state index in [0.717, 1.165) is 0 Å². The molecule has 0 saturated carbocycles. The summed E-state index contributed by atoms with van der Waals surface area (Å²) in [5.41, 5.74) is 0. The second kappa shape index (κ2) is 6.27. The fourth-order valence-corrected chi connectivity index (χ4v) is 1.73. The maximum absolute atomic E-state index is 11.3. The highest BCUT2D eigenvalue weighted by atomic mass is 16.7. The van der Waals surface area contributed by atoms with Gasteiger partial charge < -0.3 is 30.1 Å². The molecule has 1 rings (SSSR count). The number of hydrogen-bond donors (Lipinski definition) is 4.